The first kappa shape index (κ1) is 24.1. The van der Waals surface area contributed by atoms with Crippen LogP contribution in [0.1, 0.15) is 0 Å². The van der Waals surface area contributed by atoms with E-state index in [1.54, 1.807) is 0 Å². The SMILES string of the molecule is c1ccc(N(c2ccccn2)c2ccc3ccc4ccc(N(c5ccccc5)c5ccccn5)c5ccc2c3c45)cc1. The summed E-state index contributed by atoms with van der Waals surface area (Å²) in [6.45, 7) is 0. The van der Waals surface area contributed by atoms with Crippen molar-refractivity contribution in [2.45, 2.75) is 0 Å². The minimum absolute atomic E-state index is 0.879. The second-order valence-corrected chi connectivity index (χ2v) is 10.3. The molecule has 0 bridgehead atoms. The van der Waals surface area contributed by atoms with Crippen LogP contribution in [0.25, 0.3) is 32.3 Å². The van der Waals surface area contributed by atoms with Gasteiger partial charge >= 0.3 is 0 Å². The van der Waals surface area contributed by atoms with E-state index in [-0.39, 0.29) is 0 Å². The minimum Gasteiger partial charge on any atom is -0.294 e. The van der Waals surface area contributed by atoms with E-state index in [1.807, 2.05) is 48.8 Å². The van der Waals surface area contributed by atoms with Crippen LogP contribution < -0.4 is 9.80 Å². The summed E-state index contributed by atoms with van der Waals surface area (Å²) in [5.74, 6) is 1.76. The molecule has 8 rings (SSSR count). The highest BCUT2D eigenvalue weighted by Crippen LogP contribution is 2.46. The van der Waals surface area contributed by atoms with Crippen LogP contribution in [0.2, 0.25) is 0 Å². The monoisotopic (exact) mass is 538 g/mol. The van der Waals surface area contributed by atoms with Crippen LogP contribution in [-0.2, 0) is 0 Å². The number of para-hydroxylation sites is 2. The van der Waals surface area contributed by atoms with Gasteiger partial charge in [0.1, 0.15) is 11.6 Å². The molecule has 0 aliphatic carbocycles. The van der Waals surface area contributed by atoms with E-state index in [1.165, 1.54) is 32.3 Å². The normalized spacial score (nSPS) is 11.3. The Hall–Kier alpha value is -5.74. The van der Waals surface area contributed by atoms with Crippen LogP contribution in [0.15, 0.2) is 158 Å². The third-order valence-corrected chi connectivity index (χ3v) is 7.89. The summed E-state index contributed by atoms with van der Waals surface area (Å²) in [4.78, 5) is 14.0. The third kappa shape index (κ3) is 3.93. The molecule has 0 saturated carbocycles. The number of nitrogens with zero attached hydrogens (tertiary/aromatic N) is 4. The van der Waals surface area contributed by atoms with Crippen molar-refractivity contribution < 1.29 is 0 Å². The van der Waals surface area contributed by atoms with Crippen LogP contribution in [-0.4, -0.2) is 9.97 Å². The van der Waals surface area contributed by atoms with E-state index in [0.717, 1.165) is 34.4 Å². The van der Waals surface area contributed by atoms with Gasteiger partial charge in [0.15, 0.2) is 0 Å². The Kier molecular flexibility index (Phi) is 5.75. The minimum atomic E-state index is 0.879. The fourth-order valence-corrected chi connectivity index (χ4v) is 6.08. The largest absolute Gasteiger partial charge is 0.294 e. The van der Waals surface area contributed by atoms with E-state index >= 15 is 0 Å². The molecule has 0 radical (unpaired) electrons. The summed E-state index contributed by atoms with van der Waals surface area (Å²) in [6, 6.07) is 50.9. The molecule has 2 heterocycles. The summed E-state index contributed by atoms with van der Waals surface area (Å²) in [6.07, 6.45) is 3.70. The van der Waals surface area contributed by atoms with Gasteiger partial charge in [-0.3, -0.25) is 9.80 Å². The zero-order valence-corrected chi connectivity index (χ0v) is 22.8. The predicted octanol–water partition coefficient (Wildman–Crippen LogP) is 10.3. The van der Waals surface area contributed by atoms with Gasteiger partial charge in [-0.25, -0.2) is 9.97 Å². The molecular formula is C38H26N4. The van der Waals surface area contributed by atoms with Crippen molar-refractivity contribution in [3.63, 3.8) is 0 Å². The molecule has 0 spiro atoms. The Labute approximate surface area is 244 Å². The Morgan fingerprint density at radius 3 is 1.17 bits per heavy atom. The van der Waals surface area contributed by atoms with E-state index in [2.05, 4.69) is 119 Å². The maximum absolute atomic E-state index is 4.76. The van der Waals surface area contributed by atoms with Crippen molar-refractivity contribution in [3.8, 4) is 0 Å². The summed E-state index contributed by atoms with van der Waals surface area (Å²) in [5.41, 5.74) is 4.32. The maximum atomic E-state index is 4.76. The van der Waals surface area contributed by atoms with Crippen LogP contribution in [0, 0.1) is 0 Å². The standard InChI is InChI=1S/C38H26N4/c1-3-11-29(12-4-1)41(35-15-7-9-25-39-35)33-23-19-27-17-18-28-20-24-34(32-22-21-31(33)37(27)38(28)32)42(30-13-5-2-6-14-30)36-16-8-10-26-40-36/h1-26H. The lowest BCUT2D eigenvalue weighted by molar-refractivity contribution is 1.19. The first-order valence-corrected chi connectivity index (χ1v) is 14.1. The quantitative estimate of drug-likeness (QED) is 0.197. The van der Waals surface area contributed by atoms with E-state index in [9.17, 15) is 0 Å². The lowest BCUT2D eigenvalue weighted by atomic mass is 9.92. The van der Waals surface area contributed by atoms with Crippen LogP contribution >= 0.6 is 0 Å². The molecule has 0 unspecified atom stereocenters. The molecule has 0 atom stereocenters. The maximum Gasteiger partial charge on any atom is 0.137 e. The van der Waals surface area contributed by atoms with Gasteiger partial charge < -0.3 is 0 Å². The Morgan fingerprint density at radius 1 is 0.357 bits per heavy atom. The van der Waals surface area contributed by atoms with Gasteiger partial charge in [-0.2, -0.15) is 0 Å². The van der Waals surface area contributed by atoms with Gasteiger partial charge in [0.25, 0.3) is 0 Å². The van der Waals surface area contributed by atoms with E-state index in [4.69, 9.17) is 9.97 Å². The summed E-state index contributed by atoms with van der Waals surface area (Å²) in [7, 11) is 0. The Bertz CT molecular complexity index is 1900. The van der Waals surface area contributed by atoms with E-state index in [0.29, 0.717) is 0 Å². The van der Waals surface area contributed by atoms with Gasteiger partial charge in [-0.05, 0) is 82.2 Å². The number of anilines is 6. The van der Waals surface area contributed by atoms with Crippen molar-refractivity contribution in [2.24, 2.45) is 0 Å². The molecule has 198 valence electrons. The van der Waals surface area contributed by atoms with Gasteiger partial charge in [0.2, 0.25) is 0 Å². The topological polar surface area (TPSA) is 32.3 Å². The number of hydrogen-bond donors (Lipinski definition) is 0. The third-order valence-electron chi connectivity index (χ3n) is 7.89. The fraction of sp³-hybridized carbons (Fsp3) is 0. The molecule has 0 amide bonds. The van der Waals surface area contributed by atoms with Crippen molar-refractivity contribution in [1.82, 2.24) is 9.97 Å². The molecule has 6 aromatic carbocycles. The lowest BCUT2D eigenvalue weighted by Crippen LogP contribution is -2.12. The molecule has 4 heteroatoms. The predicted molar refractivity (Wildman–Crippen MR) is 175 cm³/mol. The van der Waals surface area contributed by atoms with Crippen molar-refractivity contribution >= 4 is 66.7 Å². The average molecular weight is 539 g/mol. The molecule has 0 fully saturated rings. The average Bonchev–Trinajstić information content (AvgIpc) is 3.07. The smallest absolute Gasteiger partial charge is 0.137 e. The summed E-state index contributed by atoms with van der Waals surface area (Å²) in [5, 5.41) is 7.28. The Balaban J connectivity index is 1.42. The first-order valence-electron chi connectivity index (χ1n) is 14.1. The summed E-state index contributed by atoms with van der Waals surface area (Å²) >= 11 is 0. The van der Waals surface area contributed by atoms with Crippen molar-refractivity contribution in [1.29, 1.82) is 0 Å². The van der Waals surface area contributed by atoms with Crippen molar-refractivity contribution in [3.05, 3.63) is 158 Å². The van der Waals surface area contributed by atoms with Gasteiger partial charge in [-0.15, -0.1) is 0 Å². The van der Waals surface area contributed by atoms with Crippen LogP contribution in [0.5, 0.6) is 0 Å². The lowest BCUT2D eigenvalue weighted by Gasteiger charge is -2.28. The van der Waals surface area contributed by atoms with Gasteiger partial charge in [-0.1, -0.05) is 84.9 Å². The zero-order chi connectivity index (χ0) is 27.9. The number of pyridine rings is 2. The highest BCUT2D eigenvalue weighted by molar-refractivity contribution is 6.28. The molecule has 0 aliphatic rings. The number of hydrogen-bond acceptors (Lipinski definition) is 4. The molecule has 0 saturated heterocycles. The first-order chi connectivity index (χ1) is 20.9. The number of rotatable bonds is 6. The number of benzene rings is 6. The molecule has 0 aliphatic heterocycles. The molecule has 2 aromatic heterocycles. The molecule has 4 nitrogen and oxygen atoms in total. The molecule has 8 aromatic rings. The van der Waals surface area contributed by atoms with E-state index < -0.39 is 0 Å². The van der Waals surface area contributed by atoms with Gasteiger partial charge in [0.05, 0.1) is 11.4 Å². The van der Waals surface area contributed by atoms with Crippen LogP contribution in [0.4, 0.5) is 34.4 Å². The number of aromatic nitrogens is 2. The summed E-state index contributed by atoms with van der Waals surface area (Å²) < 4.78 is 0. The van der Waals surface area contributed by atoms with Crippen LogP contribution in [0.3, 0.4) is 0 Å². The highest BCUT2D eigenvalue weighted by atomic mass is 15.2. The Morgan fingerprint density at radius 2 is 0.762 bits per heavy atom. The second kappa shape index (κ2) is 10.0. The fourth-order valence-electron chi connectivity index (χ4n) is 6.08. The second-order valence-electron chi connectivity index (χ2n) is 10.3. The highest BCUT2D eigenvalue weighted by Gasteiger charge is 2.22. The van der Waals surface area contributed by atoms with Crippen molar-refractivity contribution in [2.75, 3.05) is 9.80 Å². The molecule has 0 N–H and O–H groups in total. The van der Waals surface area contributed by atoms with Gasteiger partial charge in [0, 0.05) is 34.5 Å². The molecular weight excluding hydrogens is 512 g/mol. The molecule has 42 heavy (non-hydrogen) atoms. The zero-order valence-electron chi connectivity index (χ0n) is 22.8.